The third-order valence-electron chi connectivity index (χ3n) is 2.58. The molecule has 104 valence electrons. The summed E-state index contributed by atoms with van der Waals surface area (Å²) in [4.78, 5) is 12.8. The van der Waals surface area contributed by atoms with Crippen LogP contribution < -0.4 is 5.32 Å². The molecule has 1 amide bonds. The predicted octanol–water partition coefficient (Wildman–Crippen LogP) is 3.67. The zero-order valence-corrected chi connectivity index (χ0v) is 13.1. The van der Waals surface area contributed by atoms with Crippen LogP contribution >= 0.6 is 27.7 Å². The van der Waals surface area contributed by atoms with Crippen LogP contribution in [0.25, 0.3) is 0 Å². The Morgan fingerprint density at radius 2 is 1.95 bits per heavy atom. The summed E-state index contributed by atoms with van der Waals surface area (Å²) >= 11 is 4.80. The molecule has 0 saturated carbocycles. The van der Waals surface area contributed by atoms with Gasteiger partial charge >= 0.3 is 0 Å². The van der Waals surface area contributed by atoms with Crippen molar-refractivity contribution in [2.45, 2.75) is 11.5 Å². The minimum atomic E-state index is -0.0493. The van der Waals surface area contributed by atoms with Gasteiger partial charge in [0.25, 0.3) is 0 Å². The molecule has 0 saturated heterocycles. The molecule has 5 heteroatoms. The third-order valence-corrected chi connectivity index (χ3v) is 4.10. The van der Waals surface area contributed by atoms with Gasteiger partial charge in [0.2, 0.25) is 5.91 Å². The Labute approximate surface area is 130 Å². The zero-order valence-electron chi connectivity index (χ0n) is 10.7. The number of thioether (sulfide) groups is 1. The molecule has 0 aromatic heterocycles. The van der Waals surface area contributed by atoms with Crippen molar-refractivity contribution in [3.63, 3.8) is 0 Å². The van der Waals surface area contributed by atoms with Crippen LogP contribution in [0.5, 0.6) is 0 Å². The molecule has 2 aromatic rings. The molecule has 0 radical (unpaired) electrons. The largest absolute Gasteiger partial charge is 0.392 e. The second kappa shape index (κ2) is 7.47. The van der Waals surface area contributed by atoms with Gasteiger partial charge in [0.1, 0.15) is 0 Å². The Morgan fingerprint density at radius 3 is 2.65 bits per heavy atom. The van der Waals surface area contributed by atoms with Crippen LogP contribution in [0.2, 0.25) is 0 Å². The second-order valence-corrected chi connectivity index (χ2v) is 6.11. The fraction of sp³-hybridized carbons (Fsp3) is 0.133. The van der Waals surface area contributed by atoms with Gasteiger partial charge in [0.05, 0.1) is 12.4 Å². The number of nitrogens with one attached hydrogen (secondary N) is 1. The summed E-state index contributed by atoms with van der Waals surface area (Å²) in [5.74, 6) is 0.289. The van der Waals surface area contributed by atoms with E-state index in [0.29, 0.717) is 5.75 Å². The average Bonchev–Trinajstić information content (AvgIpc) is 2.48. The van der Waals surface area contributed by atoms with Crippen molar-refractivity contribution in [2.24, 2.45) is 0 Å². The van der Waals surface area contributed by atoms with Crippen LogP contribution in [0.15, 0.2) is 57.9 Å². The first-order valence-corrected chi connectivity index (χ1v) is 7.83. The quantitative estimate of drug-likeness (QED) is 0.808. The standard InChI is InChI=1S/C15H14BrNO2S/c16-12-4-6-13(7-5-12)17-15(19)10-20-14-3-1-2-11(8-14)9-18/h1-8,18H,9-10H2,(H,17,19). The molecular weight excluding hydrogens is 338 g/mol. The number of amides is 1. The lowest BCUT2D eigenvalue weighted by atomic mass is 10.2. The van der Waals surface area contributed by atoms with Gasteiger partial charge in [0.15, 0.2) is 0 Å². The summed E-state index contributed by atoms with van der Waals surface area (Å²) in [6.07, 6.45) is 0. The van der Waals surface area contributed by atoms with Gasteiger partial charge in [0, 0.05) is 15.1 Å². The molecule has 20 heavy (non-hydrogen) atoms. The Balaban J connectivity index is 1.87. The Morgan fingerprint density at radius 1 is 1.20 bits per heavy atom. The lowest BCUT2D eigenvalue weighted by Crippen LogP contribution is -2.13. The van der Waals surface area contributed by atoms with Gasteiger partial charge in [-0.15, -0.1) is 11.8 Å². The van der Waals surface area contributed by atoms with Gasteiger partial charge in [-0.3, -0.25) is 4.79 Å². The van der Waals surface area contributed by atoms with E-state index in [0.717, 1.165) is 20.6 Å². The number of aliphatic hydroxyl groups is 1. The van der Waals surface area contributed by atoms with Crippen LogP contribution in [0.3, 0.4) is 0 Å². The van der Waals surface area contributed by atoms with E-state index in [9.17, 15) is 4.79 Å². The second-order valence-electron chi connectivity index (χ2n) is 4.15. The molecule has 0 atom stereocenters. The molecule has 0 spiro atoms. The third kappa shape index (κ3) is 4.67. The Kier molecular flexibility index (Phi) is 5.64. The monoisotopic (exact) mass is 351 g/mol. The van der Waals surface area contributed by atoms with Gasteiger partial charge in [-0.1, -0.05) is 28.1 Å². The summed E-state index contributed by atoms with van der Waals surface area (Å²) < 4.78 is 0.977. The zero-order chi connectivity index (χ0) is 14.4. The number of hydrogen-bond donors (Lipinski definition) is 2. The maximum Gasteiger partial charge on any atom is 0.234 e. The molecule has 2 rings (SSSR count). The lowest BCUT2D eigenvalue weighted by molar-refractivity contribution is -0.113. The number of rotatable bonds is 5. The summed E-state index contributed by atoms with van der Waals surface area (Å²) in [5.41, 5.74) is 1.63. The van der Waals surface area contributed by atoms with Crippen molar-refractivity contribution in [2.75, 3.05) is 11.1 Å². The highest BCUT2D eigenvalue weighted by atomic mass is 79.9. The van der Waals surface area contributed by atoms with E-state index < -0.39 is 0 Å². The van der Waals surface area contributed by atoms with E-state index >= 15 is 0 Å². The molecular formula is C15H14BrNO2S. The number of anilines is 1. The van der Waals surface area contributed by atoms with Crippen LogP contribution in [-0.4, -0.2) is 16.8 Å². The number of hydrogen-bond acceptors (Lipinski definition) is 3. The molecule has 0 heterocycles. The van der Waals surface area contributed by atoms with E-state index in [-0.39, 0.29) is 12.5 Å². The van der Waals surface area contributed by atoms with E-state index in [1.165, 1.54) is 11.8 Å². The van der Waals surface area contributed by atoms with Crippen molar-refractivity contribution < 1.29 is 9.90 Å². The molecule has 2 aromatic carbocycles. The molecule has 0 bridgehead atoms. The maximum atomic E-state index is 11.8. The Hall–Kier alpha value is -1.30. The minimum Gasteiger partial charge on any atom is -0.392 e. The van der Waals surface area contributed by atoms with E-state index in [4.69, 9.17) is 5.11 Å². The SMILES string of the molecule is O=C(CSc1cccc(CO)c1)Nc1ccc(Br)cc1. The molecule has 0 unspecified atom stereocenters. The topological polar surface area (TPSA) is 49.3 Å². The van der Waals surface area contributed by atoms with Crippen LogP contribution in [0, 0.1) is 0 Å². The number of aliphatic hydroxyl groups excluding tert-OH is 1. The van der Waals surface area contributed by atoms with Gasteiger partial charge in [-0.25, -0.2) is 0 Å². The molecule has 3 nitrogen and oxygen atoms in total. The van der Waals surface area contributed by atoms with Crippen LogP contribution in [0.1, 0.15) is 5.56 Å². The smallest absolute Gasteiger partial charge is 0.234 e. The van der Waals surface area contributed by atoms with E-state index in [2.05, 4.69) is 21.2 Å². The van der Waals surface area contributed by atoms with Gasteiger partial charge in [-0.2, -0.15) is 0 Å². The van der Waals surface area contributed by atoms with E-state index in [1.54, 1.807) is 0 Å². The molecule has 0 aliphatic heterocycles. The highest BCUT2D eigenvalue weighted by Gasteiger charge is 2.04. The normalized spacial score (nSPS) is 10.3. The highest BCUT2D eigenvalue weighted by Crippen LogP contribution is 2.20. The summed E-state index contributed by atoms with van der Waals surface area (Å²) in [7, 11) is 0. The molecule has 0 aliphatic rings. The fourth-order valence-corrected chi connectivity index (χ4v) is 2.66. The van der Waals surface area contributed by atoms with Crippen molar-refractivity contribution in [1.29, 1.82) is 0 Å². The number of halogens is 1. The highest BCUT2D eigenvalue weighted by molar-refractivity contribution is 9.10. The predicted molar refractivity (Wildman–Crippen MR) is 85.9 cm³/mol. The first-order chi connectivity index (χ1) is 9.67. The van der Waals surface area contributed by atoms with Crippen molar-refractivity contribution in [3.8, 4) is 0 Å². The van der Waals surface area contributed by atoms with Crippen molar-refractivity contribution >= 4 is 39.3 Å². The first-order valence-electron chi connectivity index (χ1n) is 6.05. The lowest BCUT2D eigenvalue weighted by Gasteiger charge is -2.06. The number of benzene rings is 2. The van der Waals surface area contributed by atoms with Crippen molar-refractivity contribution in [1.82, 2.24) is 0 Å². The molecule has 2 N–H and O–H groups in total. The van der Waals surface area contributed by atoms with Crippen LogP contribution in [0.4, 0.5) is 5.69 Å². The number of carbonyl (C=O) groups excluding carboxylic acids is 1. The molecule has 0 aliphatic carbocycles. The van der Waals surface area contributed by atoms with Gasteiger partial charge in [-0.05, 0) is 42.0 Å². The van der Waals surface area contributed by atoms with Gasteiger partial charge < -0.3 is 10.4 Å². The number of carbonyl (C=O) groups is 1. The average molecular weight is 352 g/mol. The summed E-state index contributed by atoms with van der Waals surface area (Å²) in [5, 5.41) is 11.9. The summed E-state index contributed by atoms with van der Waals surface area (Å²) in [6.45, 7) is 0.0134. The van der Waals surface area contributed by atoms with Crippen molar-refractivity contribution in [3.05, 3.63) is 58.6 Å². The first kappa shape index (κ1) is 15.1. The van der Waals surface area contributed by atoms with E-state index in [1.807, 2.05) is 48.5 Å². The maximum absolute atomic E-state index is 11.8. The summed E-state index contributed by atoms with van der Waals surface area (Å²) in [6, 6.07) is 15.0. The van der Waals surface area contributed by atoms with Crippen LogP contribution in [-0.2, 0) is 11.4 Å². The Bertz CT molecular complexity index is 587. The minimum absolute atomic E-state index is 0.0134. The fourth-order valence-electron chi connectivity index (χ4n) is 1.61. The molecule has 0 fully saturated rings.